The molecule has 29 heavy (non-hydrogen) atoms. The fourth-order valence-corrected chi connectivity index (χ4v) is 1.91. The van der Waals surface area contributed by atoms with Crippen LogP contribution in [0.3, 0.4) is 0 Å². The Hall–Kier alpha value is -3.02. The Morgan fingerprint density at radius 2 is 1.76 bits per heavy atom. The van der Waals surface area contributed by atoms with Gasteiger partial charge in [0.2, 0.25) is 18.3 Å². The lowest BCUT2D eigenvalue weighted by Gasteiger charge is -2.05. The van der Waals surface area contributed by atoms with Crippen LogP contribution in [-0.2, 0) is 4.79 Å². The molecule has 1 aliphatic heterocycles. The fraction of sp³-hybridized carbons (Fsp3) is 0.391. The minimum atomic E-state index is -0.833. The molecule has 162 valence electrons. The van der Waals surface area contributed by atoms with Crippen molar-refractivity contribution in [1.82, 2.24) is 0 Å². The molecule has 0 saturated carbocycles. The van der Waals surface area contributed by atoms with E-state index in [1.165, 1.54) is 5.57 Å². The number of aliphatic carboxylic acids is 1. The van der Waals surface area contributed by atoms with Gasteiger partial charge in [0.15, 0.2) is 5.75 Å². The van der Waals surface area contributed by atoms with E-state index in [0.717, 1.165) is 18.9 Å². The summed E-state index contributed by atoms with van der Waals surface area (Å²) in [5.74, 6) is 1.03. The number of allylic oxidation sites excluding steroid dienone is 6. The van der Waals surface area contributed by atoms with Crippen molar-refractivity contribution < 1.29 is 24.2 Å². The second-order valence-corrected chi connectivity index (χ2v) is 5.16. The predicted octanol–water partition coefficient (Wildman–Crippen LogP) is 6.31. The first-order valence-electron chi connectivity index (χ1n) is 9.67. The SMILES string of the molecule is C=NOc1c(C)ccc2c1OCO2.CC.CC.CC(=O)O.CC1=CCC=CC=C1. The van der Waals surface area contributed by atoms with E-state index in [2.05, 4.69) is 49.2 Å². The van der Waals surface area contributed by atoms with E-state index < -0.39 is 5.97 Å². The van der Waals surface area contributed by atoms with E-state index in [1.807, 2.05) is 46.8 Å². The van der Waals surface area contributed by atoms with Crippen LogP contribution in [0.25, 0.3) is 0 Å². The highest BCUT2D eigenvalue weighted by molar-refractivity contribution is 5.63. The van der Waals surface area contributed by atoms with E-state index >= 15 is 0 Å². The standard InChI is InChI=1S/C9H9NO3.C8H10.C2H4O2.2C2H6/c1-6-3-4-7-9(12-5-11-7)8(6)13-10-2;1-8-6-4-2-3-5-7-8;1-2(3)4;2*1-2/h3-4H,2,5H2,1H3;2-4,6-7H,5H2,1H3;1H3,(H,3,4);2*1-2H3. The van der Waals surface area contributed by atoms with Gasteiger partial charge in [0.25, 0.3) is 5.97 Å². The molecule has 1 aromatic rings. The van der Waals surface area contributed by atoms with Crippen molar-refractivity contribution in [3.8, 4) is 17.2 Å². The van der Waals surface area contributed by atoms with Crippen LogP contribution >= 0.6 is 0 Å². The summed E-state index contributed by atoms with van der Waals surface area (Å²) in [4.78, 5) is 14.0. The molecule has 0 amide bonds. The van der Waals surface area contributed by atoms with Crippen molar-refractivity contribution in [2.45, 2.75) is 54.9 Å². The van der Waals surface area contributed by atoms with Crippen LogP contribution in [0.4, 0.5) is 0 Å². The molecule has 6 heteroatoms. The molecule has 0 saturated heterocycles. The Balaban J connectivity index is 0. The molecule has 3 rings (SSSR count). The highest BCUT2D eigenvalue weighted by atomic mass is 16.7. The van der Waals surface area contributed by atoms with Crippen LogP contribution in [0.2, 0.25) is 0 Å². The third-order valence-corrected chi connectivity index (χ3v) is 3.03. The average Bonchev–Trinajstić information content (AvgIpc) is 3.06. The Kier molecular flexibility index (Phi) is 17.8. The van der Waals surface area contributed by atoms with E-state index in [1.54, 1.807) is 0 Å². The van der Waals surface area contributed by atoms with Gasteiger partial charge in [-0.05, 0) is 31.9 Å². The first kappa shape index (κ1) is 28.2. The van der Waals surface area contributed by atoms with Gasteiger partial charge in [0.1, 0.15) is 0 Å². The number of nitrogens with zero attached hydrogens (tertiary/aromatic N) is 1. The molecule has 0 fully saturated rings. The molecule has 1 N–H and O–H groups in total. The number of benzene rings is 1. The van der Waals surface area contributed by atoms with Gasteiger partial charge < -0.3 is 19.4 Å². The zero-order valence-corrected chi connectivity index (χ0v) is 18.7. The monoisotopic (exact) mass is 405 g/mol. The molecule has 6 nitrogen and oxygen atoms in total. The van der Waals surface area contributed by atoms with Gasteiger partial charge in [-0.25, -0.2) is 0 Å². The van der Waals surface area contributed by atoms with Crippen LogP contribution in [-0.4, -0.2) is 24.6 Å². The Morgan fingerprint density at radius 3 is 2.34 bits per heavy atom. The van der Waals surface area contributed by atoms with Crippen LogP contribution < -0.4 is 14.3 Å². The lowest BCUT2D eigenvalue weighted by Crippen LogP contribution is -1.94. The summed E-state index contributed by atoms with van der Waals surface area (Å²) < 4.78 is 10.4. The molecule has 0 radical (unpaired) electrons. The number of aryl methyl sites for hydroxylation is 1. The van der Waals surface area contributed by atoms with Crippen LogP contribution in [0, 0.1) is 6.92 Å². The smallest absolute Gasteiger partial charge is 0.300 e. The van der Waals surface area contributed by atoms with Gasteiger partial charge in [-0.3, -0.25) is 4.79 Å². The maximum absolute atomic E-state index is 9.00. The number of rotatable bonds is 2. The molecular formula is C23H35NO5. The van der Waals surface area contributed by atoms with Gasteiger partial charge in [0.05, 0.1) is 0 Å². The molecule has 0 bridgehead atoms. The largest absolute Gasteiger partial charge is 0.481 e. The van der Waals surface area contributed by atoms with Crippen molar-refractivity contribution in [1.29, 1.82) is 0 Å². The molecule has 2 aliphatic rings. The first-order chi connectivity index (χ1) is 14.0. The van der Waals surface area contributed by atoms with E-state index in [-0.39, 0.29) is 6.79 Å². The van der Waals surface area contributed by atoms with Crippen molar-refractivity contribution >= 4 is 12.7 Å². The maximum atomic E-state index is 9.00. The zero-order valence-electron chi connectivity index (χ0n) is 18.7. The lowest BCUT2D eigenvalue weighted by atomic mass is 10.2. The summed E-state index contributed by atoms with van der Waals surface area (Å²) in [5, 5.41) is 10.8. The average molecular weight is 406 g/mol. The predicted molar refractivity (Wildman–Crippen MR) is 120 cm³/mol. The van der Waals surface area contributed by atoms with Crippen molar-refractivity contribution in [2.75, 3.05) is 6.79 Å². The first-order valence-corrected chi connectivity index (χ1v) is 9.67. The van der Waals surface area contributed by atoms with Crippen molar-refractivity contribution in [3.63, 3.8) is 0 Å². The van der Waals surface area contributed by atoms with E-state index in [4.69, 9.17) is 24.2 Å². The maximum Gasteiger partial charge on any atom is 0.300 e. The van der Waals surface area contributed by atoms with Gasteiger partial charge in [-0.15, -0.1) is 0 Å². The van der Waals surface area contributed by atoms with E-state index in [0.29, 0.717) is 17.2 Å². The van der Waals surface area contributed by atoms with E-state index in [9.17, 15) is 0 Å². The molecule has 0 spiro atoms. The summed E-state index contributed by atoms with van der Waals surface area (Å²) in [6.07, 6.45) is 11.7. The number of ether oxygens (including phenoxy) is 2. The Morgan fingerprint density at radius 1 is 1.14 bits per heavy atom. The summed E-state index contributed by atoms with van der Waals surface area (Å²) in [6, 6.07) is 3.72. The Bertz CT molecular complexity index is 684. The number of oxime groups is 1. The minimum Gasteiger partial charge on any atom is -0.481 e. The lowest BCUT2D eigenvalue weighted by molar-refractivity contribution is -0.134. The minimum absolute atomic E-state index is 0.228. The van der Waals surface area contributed by atoms with Crippen molar-refractivity contribution in [2.24, 2.45) is 5.16 Å². The van der Waals surface area contributed by atoms with Crippen LogP contribution in [0.15, 0.2) is 53.2 Å². The summed E-state index contributed by atoms with van der Waals surface area (Å²) in [6.45, 7) is 16.6. The topological polar surface area (TPSA) is 77.3 Å². The van der Waals surface area contributed by atoms with Crippen LogP contribution in [0.5, 0.6) is 17.2 Å². The second-order valence-electron chi connectivity index (χ2n) is 5.16. The van der Waals surface area contributed by atoms with Gasteiger partial charge >= 0.3 is 0 Å². The number of carbonyl (C=O) groups is 1. The number of fused-ring (bicyclic) bond motifs is 1. The number of carboxylic acids is 1. The third-order valence-electron chi connectivity index (χ3n) is 3.03. The highest BCUT2D eigenvalue weighted by Gasteiger charge is 2.20. The van der Waals surface area contributed by atoms with Crippen LogP contribution in [0.1, 0.15) is 53.5 Å². The molecule has 0 aromatic heterocycles. The normalized spacial score (nSPS) is 11.9. The van der Waals surface area contributed by atoms with Gasteiger partial charge in [0, 0.05) is 13.6 Å². The molecule has 0 unspecified atom stereocenters. The summed E-state index contributed by atoms with van der Waals surface area (Å²) >= 11 is 0. The summed E-state index contributed by atoms with van der Waals surface area (Å²) in [5.41, 5.74) is 2.30. The fourth-order valence-electron chi connectivity index (χ4n) is 1.91. The highest BCUT2D eigenvalue weighted by Crippen LogP contribution is 2.42. The molecule has 0 atom stereocenters. The Labute approximate surface area is 175 Å². The van der Waals surface area contributed by atoms with Gasteiger partial charge in [-0.2, -0.15) is 0 Å². The molecule has 1 heterocycles. The quantitative estimate of drug-likeness (QED) is 0.461. The number of hydrogen-bond acceptors (Lipinski definition) is 5. The second kappa shape index (κ2) is 18.3. The van der Waals surface area contributed by atoms with Gasteiger partial charge in [-0.1, -0.05) is 74.9 Å². The third kappa shape index (κ3) is 12.9. The molecule has 1 aliphatic carbocycles. The van der Waals surface area contributed by atoms with Crippen molar-refractivity contribution in [3.05, 3.63) is 53.6 Å². The number of carboxylic acid groups (broad SMARTS) is 1. The molecule has 1 aromatic carbocycles. The molecular weight excluding hydrogens is 370 g/mol. The summed E-state index contributed by atoms with van der Waals surface area (Å²) in [7, 11) is 0. The number of hydrogen-bond donors (Lipinski definition) is 1. The zero-order chi connectivity index (χ0) is 22.7.